The fourth-order valence-electron chi connectivity index (χ4n) is 3.56. The molecule has 2 atom stereocenters. The van der Waals surface area contributed by atoms with Crippen LogP contribution < -0.4 is 15.1 Å². The lowest BCUT2D eigenvalue weighted by molar-refractivity contribution is 0.558. The minimum absolute atomic E-state index is 0.00584. The van der Waals surface area contributed by atoms with Gasteiger partial charge in [0.05, 0.1) is 11.7 Å². The number of aromatic amines is 1. The summed E-state index contributed by atoms with van der Waals surface area (Å²) in [6.07, 6.45) is 1.83. The lowest BCUT2D eigenvalue weighted by Crippen LogP contribution is -2.29. The molecule has 2 aromatic heterocycles. The van der Waals surface area contributed by atoms with Gasteiger partial charge < -0.3 is 20.1 Å². The van der Waals surface area contributed by atoms with E-state index in [0.29, 0.717) is 5.11 Å². The third kappa shape index (κ3) is 3.28. The molecular formula is C21H23N5S. The first-order valence-corrected chi connectivity index (χ1v) is 9.39. The molecule has 0 spiro atoms. The molecule has 1 aliphatic heterocycles. The highest BCUT2D eigenvalue weighted by Gasteiger charge is 2.41. The van der Waals surface area contributed by atoms with E-state index in [1.807, 2.05) is 38.5 Å². The second kappa shape index (κ2) is 7.04. The topological polar surface area (TPSA) is 47.2 Å². The van der Waals surface area contributed by atoms with Gasteiger partial charge in [0.2, 0.25) is 0 Å². The summed E-state index contributed by atoms with van der Waals surface area (Å²) < 4.78 is 0. The molecule has 0 bridgehead atoms. The zero-order valence-electron chi connectivity index (χ0n) is 15.7. The first-order chi connectivity index (χ1) is 13.0. The Balaban J connectivity index is 1.78. The SMILES string of the molecule is Cc1ccc([C@@H]2[C@H](c3ccccn3)NC(=S)N2c2ccc(N(C)C)cc2)[nH]1. The lowest BCUT2D eigenvalue weighted by atomic mass is 10.0. The van der Waals surface area contributed by atoms with Crippen LogP contribution in [0.25, 0.3) is 0 Å². The predicted octanol–water partition coefficient (Wildman–Crippen LogP) is 3.96. The summed E-state index contributed by atoms with van der Waals surface area (Å²) in [4.78, 5) is 12.3. The van der Waals surface area contributed by atoms with Crippen molar-refractivity contribution in [3.63, 3.8) is 0 Å². The van der Waals surface area contributed by atoms with Crippen molar-refractivity contribution in [2.75, 3.05) is 23.9 Å². The van der Waals surface area contributed by atoms with Crippen molar-refractivity contribution < 1.29 is 0 Å². The number of nitrogens with zero attached hydrogens (tertiary/aromatic N) is 3. The zero-order valence-corrected chi connectivity index (χ0v) is 16.5. The Morgan fingerprint density at radius 1 is 1.04 bits per heavy atom. The average Bonchev–Trinajstić information content (AvgIpc) is 3.25. The van der Waals surface area contributed by atoms with Crippen molar-refractivity contribution in [1.82, 2.24) is 15.3 Å². The molecule has 0 unspecified atom stereocenters. The van der Waals surface area contributed by atoms with Crippen LogP contribution in [0.4, 0.5) is 11.4 Å². The van der Waals surface area contributed by atoms with Gasteiger partial charge in [-0.05, 0) is 67.7 Å². The van der Waals surface area contributed by atoms with E-state index < -0.39 is 0 Å². The van der Waals surface area contributed by atoms with Crippen LogP contribution in [0.1, 0.15) is 29.2 Å². The summed E-state index contributed by atoms with van der Waals surface area (Å²) in [6.45, 7) is 2.07. The van der Waals surface area contributed by atoms with Gasteiger partial charge in [-0.2, -0.15) is 0 Å². The smallest absolute Gasteiger partial charge is 0.174 e. The van der Waals surface area contributed by atoms with Crippen molar-refractivity contribution in [1.29, 1.82) is 0 Å². The maximum Gasteiger partial charge on any atom is 0.174 e. The molecule has 1 saturated heterocycles. The maximum atomic E-state index is 5.73. The monoisotopic (exact) mass is 377 g/mol. The van der Waals surface area contributed by atoms with Crippen LogP contribution in [0.2, 0.25) is 0 Å². The van der Waals surface area contributed by atoms with Crippen LogP contribution >= 0.6 is 12.2 Å². The van der Waals surface area contributed by atoms with E-state index in [0.717, 1.165) is 28.5 Å². The second-order valence-electron chi connectivity index (χ2n) is 7.00. The Morgan fingerprint density at radius 3 is 2.41 bits per heavy atom. The van der Waals surface area contributed by atoms with Crippen LogP contribution in [0.3, 0.4) is 0 Å². The van der Waals surface area contributed by atoms with Crippen molar-refractivity contribution in [2.24, 2.45) is 0 Å². The van der Waals surface area contributed by atoms with Crippen LogP contribution in [0, 0.1) is 6.92 Å². The minimum Gasteiger partial charge on any atom is -0.378 e. The second-order valence-corrected chi connectivity index (χ2v) is 7.39. The van der Waals surface area contributed by atoms with Crippen LogP contribution in [0.5, 0.6) is 0 Å². The number of benzene rings is 1. The molecule has 1 fully saturated rings. The Labute approximate surface area is 165 Å². The van der Waals surface area contributed by atoms with Gasteiger partial charge in [0.25, 0.3) is 0 Å². The number of aromatic nitrogens is 2. The van der Waals surface area contributed by atoms with Gasteiger partial charge >= 0.3 is 0 Å². The van der Waals surface area contributed by atoms with E-state index in [4.69, 9.17) is 12.2 Å². The van der Waals surface area contributed by atoms with Crippen molar-refractivity contribution in [3.05, 3.63) is 77.9 Å². The molecule has 1 aliphatic rings. The molecule has 5 nitrogen and oxygen atoms in total. The summed E-state index contributed by atoms with van der Waals surface area (Å²) in [6, 6.07) is 18.7. The number of nitrogens with one attached hydrogen (secondary N) is 2. The molecule has 2 N–H and O–H groups in total. The van der Waals surface area contributed by atoms with Crippen molar-refractivity contribution in [3.8, 4) is 0 Å². The summed E-state index contributed by atoms with van der Waals surface area (Å²) in [5.74, 6) is 0. The number of H-pyrrole nitrogens is 1. The average molecular weight is 378 g/mol. The molecule has 1 aromatic carbocycles. The number of aryl methyl sites for hydroxylation is 1. The molecule has 3 heterocycles. The van der Waals surface area contributed by atoms with Crippen LogP contribution in [0.15, 0.2) is 60.8 Å². The third-order valence-corrected chi connectivity index (χ3v) is 5.23. The highest BCUT2D eigenvalue weighted by molar-refractivity contribution is 7.80. The first kappa shape index (κ1) is 17.5. The van der Waals surface area contributed by atoms with E-state index in [2.05, 4.69) is 68.4 Å². The summed E-state index contributed by atoms with van der Waals surface area (Å²) >= 11 is 5.73. The van der Waals surface area contributed by atoms with Gasteiger partial charge in [0.15, 0.2) is 5.11 Å². The molecule has 3 aromatic rings. The van der Waals surface area contributed by atoms with Crippen LogP contribution in [-0.2, 0) is 0 Å². The summed E-state index contributed by atoms with van der Waals surface area (Å²) in [7, 11) is 4.08. The predicted molar refractivity (Wildman–Crippen MR) is 114 cm³/mol. The maximum absolute atomic E-state index is 5.73. The molecule has 138 valence electrons. The number of hydrogen-bond acceptors (Lipinski definition) is 3. The largest absolute Gasteiger partial charge is 0.378 e. The summed E-state index contributed by atoms with van der Waals surface area (Å²) in [5, 5.41) is 4.19. The van der Waals surface area contributed by atoms with Gasteiger partial charge in [0, 0.05) is 43.1 Å². The van der Waals surface area contributed by atoms with E-state index in [1.165, 1.54) is 0 Å². The Hall–Kier alpha value is -2.86. The molecule has 6 heteroatoms. The number of pyridine rings is 1. The number of thiocarbonyl (C=S) groups is 1. The van der Waals surface area contributed by atoms with E-state index in [-0.39, 0.29) is 12.1 Å². The van der Waals surface area contributed by atoms with Gasteiger partial charge in [0.1, 0.15) is 6.04 Å². The standard InChI is InChI=1S/C21H23N5S/c1-14-7-12-18(23-14)20-19(17-6-4-5-13-22-17)24-21(27)26(20)16-10-8-15(9-11-16)25(2)3/h4-13,19-20,23H,1-3H3,(H,24,27)/t19-,20+/m0/s1. The molecular weight excluding hydrogens is 354 g/mol. The normalized spacial score (nSPS) is 19.2. The van der Waals surface area contributed by atoms with Crippen LogP contribution in [-0.4, -0.2) is 29.2 Å². The van der Waals surface area contributed by atoms with Gasteiger partial charge in [-0.1, -0.05) is 6.07 Å². The summed E-state index contributed by atoms with van der Waals surface area (Å²) in [5.41, 5.74) is 5.45. The first-order valence-electron chi connectivity index (χ1n) is 8.98. The number of rotatable bonds is 4. The fourth-order valence-corrected chi connectivity index (χ4v) is 3.90. The molecule has 0 aliphatic carbocycles. The van der Waals surface area contributed by atoms with Gasteiger partial charge in [-0.15, -0.1) is 0 Å². The fraction of sp³-hybridized carbons (Fsp3) is 0.238. The third-order valence-electron chi connectivity index (χ3n) is 4.92. The van der Waals surface area contributed by atoms with E-state index in [1.54, 1.807) is 0 Å². The van der Waals surface area contributed by atoms with E-state index >= 15 is 0 Å². The van der Waals surface area contributed by atoms with Gasteiger partial charge in [-0.3, -0.25) is 4.98 Å². The Kier molecular flexibility index (Phi) is 4.58. The number of anilines is 2. The number of hydrogen-bond donors (Lipinski definition) is 2. The van der Waals surface area contributed by atoms with Gasteiger partial charge in [-0.25, -0.2) is 0 Å². The molecule has 0 amide bonds. The Bertz CT molecular complexity index is 933. The van der Waals surface area contributed by atoms with Crippen molar-refractivity contribution >= 4 is 28.7 Å². The lowest BCUT2D eigenvalue weighted by Gasteiger charge is -2.27. The Morgan fingerprint density at radius 2 is 1.81 bits per heavy atom. The molecule has 0 radical (unpaired) electrons. The molecule has 4 rings (SSSR count). The highest BCUT2D eigenvalue weighted by atomic mass is 32.1. The minimum atomic E-state index is -0.0229. The molecule has 0 saturated carbocycles. The van der Waals surface area contributed by atoms with E-state index in [9.17, 15) is 0 Å². The highest BCUT2D eigenvalue weighted by Crippen LogP contribution is 2.41. The quantitative estimate of drug-likeness (QED) is 0.674. The molecule has 27 heavy (non-hydrogen) atoms. The zero-order chi connectivity index (χ0) is 19.0. The van der Waals surface area contributed by atoms with Crippen molar-refractivity contribution in [2.45, 2.75) is 19.0 Å².